The molecular weight excluding hydrogens is 330 g/mol. The van der Waals surface area contributed by atoms with Crippen LogP contribution < -0.4 is 4.74 Å². The molecule has 1 aliphatic heterocycles. The van der Waals surface area contributed by atoms with Gasteiger partial charge in [0, 0.05) is 18.7 Å². The third-order valence-corrected chi connectivity index (χ3v) is 4.83. The highest BCUT2D eigenvalue weighted by atomic mass is 32.1. The van der Waals surface area contributed by atoms with Crippen molar-refractivity contribution in [3.05, 3.63) is 65.2 Å². The van der Waals surface area contributed by atoms with Gasteiger partial charge in [-0.15, -0.1) is 0 Å². The molecule has 0 saturated carbocycles. The largest absolute Gasteiger partial charge is 0.489 e. The number of benzene rings is 2. The average Bonchev–Trinajstić information content (AvgIpc) is 2.60. The summed E-state index contributed by atoms with van der Waals surface area (Å²) in [7, 11) is 0. The maximum atomic E-state index is 5.87. The van der Waals surface area contributed by atoms with E-state index in [1.165, 1.54) is 11.1 Å². The highest BCUT2D eigenvalue weighted by molar-refractivity contribution is 7.80. The van der Waals surface area contributed by atoms with Crippen LogP contribution >= 0.6 is 12.2 Å². The Hall–Kier alpha value is -1.91. The molecule has 2 atom stereocenters. The first-order chi connectivity index (χ1) is 12.0. The van der Waals surface area contributed by atoms with E-state index in [2.05, 4.69) is 49.9 Å². The third-order valence-electron chi connectivity index (χ3n) is 4.33. The molecule has 132 valence electrons. The summed E-state index contributed by atoms with van der Waals surface area (Å²) < 4.78 is 11.7. The summed E-state index contributed by atoms with van der Waals surface area (Å²) in [5.41, 5.74) is 3.48. The fraction of sp³-hybridized carbons (Fsp3) is 0.381. The molecule has 1 heterocycles. The van der Waals surface area contributed by atoms with E-state index in [4.69, 9.17) is 21.7 Å². The summed E-state index contributed by atoms with van der Waals surface area (Å²) >= 11 is 5.67. The molecule has 0 amide bonds. The van der Waals surface area contributed by atoms with Crippen molar-refractivity contribution in [3.63, 3.8) is 0 Å². The van der Waals surface area contributed by atoms with Gasteiger partial charge in [-0.1, -0.05) is 42.0 Å². The fourth-order valence-electron chi connectivity index (χ4n) is 3.07. The number of ether oxygens (including phenoxy) is 2. The van der Waals surface area contributed by atoms with E-state index in [9.17, 15) is 0 Å². The Morgan fingerprint density at radius 2 is 1.64 bits per heavy atom. The van der Waals surface area contributed by atoms with Crippen molar-refractivity contribution in [2.45, 2.75) is 39.6 Å². The van der Waals surface area contributed by atoms with Gasteiger partial charge in [-0.05, 0) is 50.6 Å². The molecule has 1 saturated heterocycles. The van der Waals surface area contributed by atoms with Crippen molar-refractivity contribution in [2.24, 2.45) is 0 Å². The number of morpholine rings is 1. The molecule has 4 heteroatoms. The highest BCUT2D eigenvalue weighted by Gasteiger charge is 2.24. The number of nitrogens with zero attached hydrogens (tertiary/aromatic N) is 1. The third kappa shape index (κ3) is 4.80. The SMILES string of the molecule is Cc1ccc(COc2ccc(C(=S)N3C[C@@H](C)O[C@H](C)C3)cc2)cc1. The van der Waals surface area contributed by atoms with Gasteiger partial charge in [0.2, 0.25) is 0 Å². The molecule has 0 N–H and O–H groups in total. The van der Waals surface area contributed by atoms with E-state index in [0.29, 0.717) is 6.61 Å². The van der Waals surface area contributed by atoms with Crippen molar-refractivity contribution >= 4 is 17.2 Å². The molecule has 3 nitrogen and oxygen atoms in total. The zero-order valence-corrected chi connectivity index (χ0v) is 15.9. The normalized spacial score (nSPS) is 20.4. The fourth-order valence-corrected chi connectivity index (χ4v) is 3.36. The zero-order valence-electron chi connectivity index (χ0n) is 15.1. The summed E-state index contributed by atoms with van der Waals surface area (Å²) in [5.74, 6) is 0.857. The number of thiocarbonyl (C=S) groups is 1. The molecular formula is C21H25NO2S. The lowest BCUT2D eigenvalue weighted by Crippen LogP contribution is -2.47. The Balaban J connectivity index is 1.59. The molecule has 1 aliphatic rings. The summed E-state index contributed by atoms with van der Waals surface area (Å²) in [6.45, 7) is 8.52. The van der Waals surface area contributed by atoms with Gasteiger partial charge < -0.3 is 14.4 Å². The summed E-state index contributed by atoms with van der Waals surface area (Å²) in [6, 6.07) is 16.5. The van der Waals surface area contributed by atoms with E-state index in [1.54, 1.807) is 0 Å². The first kappa shape index (κ1) is 17.9. The van der Waals surface area contributed by atoms with Gasteiger partial charge in [-0.25, -0.2) is 0 Å². The van der Waals surface area contributed by atoms with Crippen LogP contribution in [0.3, 0.4) is 0 Å². The first-order valence-electron chi connectivity index (χ1n) is 8.74. The lowest BCUT2D eigenvalue weighted by atomic mass is 10.1. The summed E-state index contributed by atoms with van der Waals surface area (Å²) in [5, 5.41) is 0. The zero-order chi connectivity index (χ0) is 17.8. The average molecular weight is 356 g/mol. The number of hydrogen-bond acceptors (Lipinski definition) is 3. The molecule has 2 aromatic carbocycles. The topological polar surface area (TPSA) is 21.7 Å². The van der Waals surface area contributed by atoms with Crippen LogP contribution in [-0.2, 0) is 11.3 Å². The van der Waals surface area contributed by atoms with Crippen LogP contribution in [0, 0.1) is 6.92 Å². The highest BCUT2D eigenvalue weighted by Crippen LogP contribution is 2.19. The summed E-state index contributed by atoms with van der Waals surface area (Å²) in [6.07, 6.45) is 0.414. The van der Waals surface area contributed by atoms with Crippen LogP contribution in [0.15, 0.2) is 48.5 Å². The van der Waals surface area contributed by atoms with Gasteiger partial charge >= 0.3 is 0 Å². The minimum atomic E-state index is 0.207. The Morgan fingerprint density at radius 1 is 1.04 bits per heavy atom. The van der Waals surface area contributed by atoms with Crippen molar-refractivity contribution in [2.75, 3.05) is 13.1 Å². The molecule has 2 aromatic rings. The van der Waals surface area contributed by atoms with Crippen molar-refractivity contribution in [1.82, 2.24) is 4.90 Å². The molecule has 3 rings (SSSR count). The Morgan fingerprint density at radius 3 is 2.24 bits per heavy atom. The van der Waals surface area contributed by atoms with E-state index in [0.717, 1.165) is 29.4 Å². The first-order valence-corrected chi connectivity index (χ1v) is 9.15. The second-order valence-electron chi connectivity index (χ2n) is 6.77. The molecule has 1 fully saturated rings. The Bertz CT molecular complexity index is 702. The van der Waals surface area contributed by atoms with E-state index < -0.39 is 0 Å². The standard InChI is InChI=1S/C21H25NO2S/c1-15-4-6-18(7-5-15)14-23-20-10-8-19(9-11-20)21(25)22-12-16(2)24-17(3)13-22/h4-11,16-17H,12-14H2,1-3H3/t16-,17-/m1/s1. The molecule has 0 aliphatic carbocycles. The van der Waals surface area contributed by atoms with E-state index in [1.807, 2.05) is 24.3 Å². The van der Waals surface area contributed by atoms with Crippen LogP contribution in [0.5, 0.6) is 5.75 Å². The number of rotatable bonds is 4. The van der Waals surface area contributed by atoms with E-state index >= 15 is 0 Å². The Labute approximate surface area is 155 Å². The quantitative estimate of drug-likeness (QED) is 0.760. The Kier molecular flexibility index (Phi) is 5.71. The van der Waals surface area contributed by atoms with Gasteiger partial charge in [0.1, 0.15) is 17.3 Å². The van der Waals surface area contributed by atoms with Gasteiger partial charge in [-0.3, -0.25) is 0 Å². The minimum absolute atomic E-state index is 0.207. The van der Waals surface area contributed by atoms with Gasteiger partial charge in [-0.2, -0.15) is 0 Å². The lowest BCUT2D eigenvalue weighted by Gasteiger charge is -2.37. The molecule has 0 aromatic heterocycles. The molecule has 0 radical (unpaired) electrons. The van der Waals surface area contributed by atoms with Crippen LogP contribution in [0.2, 0.25) is 0 Å². The molecule has 0 bridgehead atoms. The van der Waals surface area contributed by atoms with Crippen LogP contribution in [-0.4, -0.2) is 35.2 Å². The number of hydrogen-bond donors (Lipinski definition) is 0. The second kappa shape index (κ2) is 7.98. The van der Waals surface area contributed by atoms with Gasteiger partial charge in [0.15, 0.2) is 0 Å². The van der Waals surface area contributed by atoms with Gasteiger partial charge in [0.25, 0.3) is 0 Å². The number of aryl methyl sites for hydroxylation is 1. The predicted octanol–water partition coefficient (Wildman–Crippen LogP) is 4.36. The molecule has 0 unspecified atom stereocenters. The van der Waals surface area contributed by atoms with Crippen molar-refractivity contribution in [1.29, 1.82) is 0 Å². The minimum Gasteiger partial charge on any atom is -0.489 e. The molecule has 25 heavy (non-hydrogen) atoms. The lowest BCUT2D eigenvalue weighted by molar-refractivity contribution is -0.0472. The van der Waals surface area contributed by atoms with Crippen LogP contribution in [0.4, 0.5) is 0 Å². The van der Waals surface area contributed by atoms with Crippen LogP contribution in [0.25, 0.3) is 0 Å². The second-order valence-corrected chi connectivity index (χ2v) is 7.15. The van der Waals surface area contributed by atoms with Gasteiger partial charge in [0.05, 0.1) is 12.2 Å². The maximum Gasteiger partial charge on any atom is 0.119 e. The van der Waals surface area contributed by atoms with Crippen molar-refractivity contribution in [3.8, 4) is 5.75 Å². The summed E-state index contributed by atoms with van der Waals surface area (Å²) in [4.78, 5) is 3.11. The van der Waals surface area contributed by atoms with Crippen LogP contribution in [0.1, 0.15) is 30.5 Å². The smallest absolute Gasteiger partial charge is 0.119 e. The molecule has 0 spiro atoms. The van der Waals surface area contributed by atoms with Crippen molar-refractivity contribution < 1.29 is 9.47 Å². The maximum absolute atomic E-state index is 5.87. The monoisotopic (exact) mass is 355 g/mol. The van der Waals surface area contributed by atoms with E-state index in [-0.39, 0.29) is 12.2 Å². The predicted molar refractivity (Wildman–Crippen MR) is 105 cm³/mol.